The Kier molecular flexibility index (Phi) is 4.76. The number of rotatable bonds is 2. The topological polar surface area (TPSA) is 42.0 Å². The van der Waals surface area contributed by atoms with E-state index >= 15 is 0 Å². The van der Waals surface area contributed by atoms with E-state index in [0.717, 1.165) is 19.2 Å². The van der Waals surface area contributed by atoms with Crippen molar-refractivity contribution in [3.8, 4) is 0 Å². The largest absolute Gasteiger partial charge is 0.320 e. The fourth-order valence-corrected chi connectivity index (χ4v) is 3.23. The lowest BCUT2D eigenvalue weighted by Gasteiger charge is -2.08. The van der Waals surface area contributed by atoms with E-state index in [-0.39, 0.29) is 5.91 Å². The van der Waals surface area contributed by atoms with Crippen molar-refractivity contribution >= 4 is 59.4 Å². The minimum atomic E-state index is -0.172. The van der Waals surface area contributed by atoms with Gasteiger partial charge in [0, 0.05) is 14.5 Å². The number of anilines is 1. The molecule has 2 aromatic rings. The van der Waals surface area contributed by atoms with Gasteiger partial charge in [0.05, 0.1) is 11.4 Å². The van der Waals surface area contributed by atoms with Crippen LogP contribution in [0.5, 0.6) is 0 Å². The van der Waals surface area contributed by atoms with E-state index in [9.17, 15) is 4.79 Å². The quantitative estimate of drug-likeness (QED) is 0.662. The molecule has 1 N–H and O–H groups in total. The maximum atomic E-state index is 12.2. The van der Waals surface area contributed by atoms with E-state index in [2.05, 4.69) is 58.1 Å². The summed E-state index contributed by atoms with van der Waals surface area (Å²) in [6, 6.07) is 9.02. The number of carbonyl (C=O) groups is 1. The van der Waals surface area contributed by atoms with Crippen molar-refractivity contribution < 1.29 is 4.79 Å². The van der Waals surface area contributed by atoms with Crippen molar-refractivity contribution in [3.63, 3.8) is 0 Å². The van der Waals surface area contributed by atoms with E-state index in [1.165, 1.54) is 0 Å². The molecular weight excluding hydrogens is 440 g/mol. The summed E-state index contributed by atoms with van der Waals surface area (Å²) in [6.45, 7) is 1.84. The molecule has 0 radical (unpaired) electrons. The average Bonchev–Trinajstić information content (AvgIpc) is 2.31. The van der Waals surface area contributed by atoms with Crippen molar-refractivity contribution in [2.24, 2.45) is 0 Å². The zero-order valence-electron chi connectivity index (χ0n) is 9.88. The molecule has 0 fully saturated rings. The monoisotopic (exact) mass is 446 g/mol. The first-order valence-corrected chi connectivity index (χ1v) is 7.74. The molecule has 6 heteroatoms. The first-order chi connectivity index (χ1) is 8.95. The van der Waals surface area contributed by atoms with Crippen LogP contribution in [-0.2, 0) is 0 Å². The predicted molar refractivity (Wildman–Crippen MR) is 86.5 cm³/mol. The summed E-state index contributed by atoms with van der Waals surface area (Å²) in [6.07, 6.45) is 0. The SMILES string of the molecule is Cc1nc(Br)ccc1NC(=O)c1cc(Br)cc(Br)c1. The number of halogens is 3. The normalized spacial score (nSPS) is 10.3. The van der Waals surface area contributed by atoms with E-state index in [1.807, 2.05) is 19.1 Å². The first-order valence-electron chi connectivity index (χ1n) is 5.36. The van der Waals surface area contributed by atoms with Crippen LogP contribution >= 0.6 is 47.8 Å². The molecule has 19 heavy (non-hydrogen) atoms. The Morgan fingerprint density at radius 3 is 2.32 bits per heavy atom. The van der Waals surface area contributed by atoms with Crippen LogP contribution in [-0.4, -0.2) is 10.9 Å². The number of pyridine rings is 1. The van der Waals surface area contributed by atoms with Crippen molar-refractivity contribution in [1.29, 1.82) is 0 Å². The molecule has 0 aliphatic rings. The summed E-state index contributed by atoms with van der Waals surface area (Å²) < 4.78 is 2.43. The fraction of sp³-hybridized carbons (Fsp3) is 0.0769. The highest BCUT2D eigenvalue weighted by atomic mass is 79.9. The Morgan fingerprint density at radius 1 is 1.11 bits per heavy atom. The van der Waals surface area contributed by atoms with Crippen LogP contribution in [0.2, 0.25) is 0 Å². The first kappa shape index (κ1) is 14.7. The van der Waals surface area contributed by atoms with Crippen LogP contribution in [0, 0.1) is 6.92 Å². The molecular formula is C13H9Br3N2O. The molecule has 0 unspecified atom stereocenters. The summed E-state index contributed by atoms with van der Waals surface area (Å²) in [5.41, 5.74) is 2.03. The van der Waals surface area contributed by atoms with Crippen LogP contribution in [0.25, 0.3) is 0 Å². The summed E-state index contributed by atoms with van der Waals surface area (Å²) in [4.78, 5) is 16.4. The summed E-state index contributed by atoms with van der Waals surface area (Å²) in [5, 5.41) is 2.84. The molecule has 0 spiro atoms. The predicted octanol–water partition coefficient (Wildman–Crippen LogP) is 4.93. The molecule has 98 valence electrons. The fourth-order valence-electron chi connectivity index (χ4n) is 1.54. The number of aromatic nitrogens is 1. The van der Waals surface area contributed by atoms with Gasteiger partial charge < -0.3 is 5.32 Å². The molecule has 1 aromatic carbocycles. The van der Waals surface area contributed by atoms with Gasteiger partial charge in [-0.2, -0.15) is 0 Å². The van der Waals surface area contributed by atoms with Gasteiger partial charge in [0.15, 0.2) is 0 Å². The maximum Gasteiger partial charge on any atom is 0.255 e. The second-order valence-electron chi connectivity index (χ2n) is 3.88. The van der Waals surface area contributed by atoms with Crippen molar-refractivity contribution in [2.45, 2.75) is 6.92 Å². The van der Waals surface area contributed by atoms with E-state index < -0.39 is 0 Å². The van der Waals surface area contributed by atoms with Crippen LogP contribution in [0.1, 0.15) is 16.1 Å². The number of aryl methyl sites for hydroxylation is 1. The Labute approximate surface area is 136 Å². The Bertz CT molecular complexity index is 624. The van der Waals surface area contributed by atoms with Gasteiger partial charge in [-0.1, -0.05) is 31.9 Å². The third kappa shape index (κ3) is 3.87. The van der Waals surface area contributed by atoms with Gasteiger partial charge >= 0.3 is 0 Å². The number of carbonyl (C=O) groups excluding carboxylic acids is 1. The molecule has 0 saturated heterocycles. The third-order valence-electron chi connectivity index (χ3n) is 2.42. The molecule has 3 nitrogen and oxygen atoms in total. The molecule has 1 aromatic heterocycles. The molecule has 0 bridgehead atoms. The smallest absolute Gasteiger partial charge is 0.255 e. The van der Waals surface area contributed by atoms with Gasteiger partial charge in [0.1, 0.15) is 4.60 Å². The lowest BCUT2D eigenvalue weighted by Crippen LogP contribution is -2.13. The molecule has 0 atom stereocenters. The number of nitrogens with zero attached hydrogens (tertiary/aromatic N) is 1. The zero-order chi connectivity index (χ0) is 14.0. The maximum absolute atomic E-state index is 12.2. The van der Waals surface area contributed by atoms with Crippen LogP contribution in [0.3, 0.4) is 0 Å². The van der Waals surface area contributed by atoms with Gasteiger partial charge in [-0.05, 0) is 53.2 Å². The van der Waals surface area contributed by atoms with E-state index in [1.54, 1.807) is 18.2 Å². The highest BCUT2D eigenvalue weighted by molar-refractivity contribution is 9.11. The highest BCUT2D eigenvalue weighted by Crippen LogP contribution is 2.22. The summed E-state index contributed by atoms with van der Waals surface area (Å²) in [5.74, 6) is -0.172. The third-order valence-corrected chi connectivity index (χ3v) is 3.78. The van der Waals surface area contributed by atoms with Crippen LogP contribution in [0.15, 0.2) is 43.9 Å². The number of hydrogen-bond donors (Lipinski definition) is 1. The second kappa shape index (κ2) is 6.15. The highest BCUT2D eigenvalue weighted by Gasteiger charge is 2.10. The molecule has 0 aliphatic carbocycles. The van der Waals surface area contributed by atoms with Gasteiger partial charge in [-0.3, -0.25) is 4.79 Å². The molecule has 1 amide bonds. The number of amides is 1. The molecule has 0 aliphatic heterocycles. The van der Waals surface area contributed by atoms with E-state index in [0.29, 0.717) is 11.3 Å². The Morgan fingerprint density at radius 2 is 1.74 bits per heavy atom. The summed E-state index contributed by atoms with van der Waals surface area (Å²) >= 11 is 10.0. The van der Waals surface area contributed by atoms with Gasteiger partial charge in [0.2, 0.25) is 0 Å². The van der Waals surface area contributed by atoms with Crippen molar-refractivity contribution in [2.75, 3.05) is 5.32 Å². The number of benzene rings is 1. The summed E-state index contributed by atoms with van der Waals surface area (Å²) in [7, 11) is 0. The van der Waals surface area contributed by atoms with Gasteiger partial charge in [-0.25, -0.2) is 4.98 Å². The van der Waals surface area contributed by atoms with Crippen molar-refractivity contribution in [3.05, 3.63) is 55.1 Å². The minimum absolute atomic E-state index is 0.172. The molecule has 0 saturated carbocycles. The number of hydrogen-bond acceptors (Lipinski definition) is 2. The number of nitrogens with one attached hydrogen (secondary N) is 1. The van der Waals surface area contributed by atoms with Gasteiger partial charge in [-0.15, -0.1) is 0 Å². The lowest BCUT2D eigenvalue weighted by atomic mass is 10.2. The zero-order valence-corrected chi connectivity index (χ0v) is 14.6. The molecule has 2 rings (SSSR count). The van der Waals surface area contributed by atoms with Gasteiger partial charge in [0.25, 0.3) is 5.91 Å². The Hall–Kier alpha value is -0.720. The lowest BCUT2D eigenvalue weighted by molar-refractivity contribution is 0.102. The van der Waals surface area contributed by atoms with Crippen LogP contribution < -0.4 is 5.32 Å². The van der Waals surface area contributed by atoms with Crippen LogP contribution in [0.4, 0.5) is 5.69 Å². The second-order valence-corrected chi connectivity index (χ2v) is 6.52. The molecule has 1 heterocycles. The van der Waals surface area contributed by atoms with Crippen molar-refractivity contribution in [1.82, 2.24) is 4.98 Å². The van der Waals surface area contributed by atoms with E-state index in [4.69, 9.17) is 0 Å². The average molecular weight is 449 g/mol. The standard InChI is InChI=1S/C13H9Br3N2O/c1-7-11(2-3-12(16)17-7)18-13(19)8-4-9(14)6-10(15)5-8/h2-6H,1H3,(H,18,19). The Balaban J connectivity index is 2.25. The minimum Gasteiger partial charge on any atom is -0.320 e.